The maximum Gasteiger partial charge on any atom is 0.145 e. The molecule has 5 heteroatoms. The summed E-state index contributed by atoms with van der Waals surface area (Å²) in [6.07, 6.45) is 3.69. The van der Waals surface area contributed by atoms with Crippen LogP contribution >= 0.6 is 0 Å². The third-order valence-corrected chi connectivity index (χ3v) is 3.15. The molecule has 0 fully saturated rings. The van der Waals surface area contributed by atoms with Crippen molar-refractivity contribution < 1.29 is 4.74 Å². The highest BCUT2D eigenvalue weighted by molar-refractivity contribution is 5.84. The number of para-hydroxylation sites is 1. The lowest BCUT2D eigenvalue weighted by Crippen LogP contribution is -2.13. The van der Waals surface area contributed by atoms with E-state index in [2.05, 4.69) is 26.6 Å². The Morgan fingerprint density at radius 2 is 2.15 bits per heavy atom. The summed E-state index contributed by atoms with van der Waals surface area (Å²) in [6, 6.07) is 10.0. The van der Waals surface area contributed by atoms with Gasteiger partial charge in [-0.05, 0) is 12.1 Å². The largest absolute Gasteiger partial charge is 0.494 e. The summed E-state index contributed by atoms with van der Waals surface area (Å²) in [7, 11) is 1.67. The van der Waals surface area contributed by atoms with E-state index in [0.717, 1.165) is 34.5 Å². The highest BCUT2D eigenvalue weighted by Crippen LogP contribution is 2.23. The van der Waals surface area contributed by atoms with E-state index < -0.39 is 0 Å². The topological polar surface area (TPSA) is 62.8 Å². The third kappa shape index (κ3) is 2.62. The molecule has 0 unspecified atom stereocenters. The number of aromatic nitrogens is 3. The van der Waals surface area contributed by atoms with E-state index >= 15 is 0 Å². The van der Waals surface area contributed by atoms with Gasteiger partial charge in [0.15, 0.2) is 0 Å². The van der Waals surface area contributed by atoms with E-state index in [1.807, 2.05) is 36.7 Å². The normalized spacial score (nSPS) is 10.8. The lowest BCUT2D eigenvalue weighted by atomic mass is 10.2. The van der Waals surface area contributed by atoms with Crippen molar-refractivity contribution >= 4 is 10.9 Å². The van der Waals surface area contributed by atoms with Crippen molar-refractivity contribution in [1.29, 1.82) is 0 Å². The fourth-order valence-electron chi connectivity index (χ4n) is 2.13. The smallest absolute Gasteiger partial charge is 0.145 e. The number of nitrogens with zero attached hydrogens (tertiary/aromatic N) is 2. The zero-order chi connectivity index (χ0) is 13.8. The number of nitrogens with one attached hydrogen (secondary N) is 2. The van der Waals surface area contributed by atoms with Crippen LogP contribution in [0.4, 0.5) is 0 Å². The molecule has 0 amide bonds. The van der Waals surface area contributed by atoms with Gasteiger partial charge in [-0.1, -0.05) is 18.2 Å². The van der Waals surface area contributed by atoms with E-state index in [1.165, 1.54) is 0 Å². The molecule has 0 aliphatic heterocycles. The number of hydrogen-bond acceptors (Lipinski definition) is 4. The standard InChI is InChI=1S/C15H16N4O/c1-20-14-4-2-3-12-5-6-13(19-15(12)14)10-16-7-11-8-17-18-9-11/h2-6,8-9,16H,7,10H2,1H3,(H,17,18). The molecule has 0 aliphatic rings. The molecule has 5 nitrogen and oxygen atoms in total. The molecule has 0 saturated heterocycles. The van der Waals surface area contributed by atoms with Crippen LogP contribution in [0.5, 0.6) is 5.75 Å². The lowest BCUT2D eigenvalue weighted by Gasteiger charge is -2.07. The van der Waals surface area contributed by atoms with Crippen LogP contribution in [0.2, 0.25) is 0 Å². The van der Waals surface area contributed by atoms with E-state index in [9.17, 15) is 0 Å². The maximum absolute atomic E-state index is 5.35. The number of pyridine rings is 1. The number of fused-ring (bicyclic) bond motifs is 1. The molecule has 3 aromatic rings. The minimum Gasteiger partial charge on any atom is -0.494 e. The number of H-pyrrole nitrogens is 1. The van der Waals surface area contributed by atoms with Gasteiger partial charge in [-0.15, -0.1) is 0 Å². The summed E-state index contributed by atoms with van der Waals surface area (Å²) >= 11 is 0. The summed E-state index contributed by atoms with van der Waals surface area (Å²) < 4.78 is 5.35. The highest BCUT2D eigenvalue weighted by Gasteiger charge is 2.04. The maximum atomic E-state index is 5.35. The molecule has 0 aliphatic carbocycles. The lowest BCUT2D eigenvalue weighted by molar-refractivity contribution is 0.418. The Balaban J connectivity index is 1.75. The SMILES string of the molecule is COc1cccc2ccc(CNCc3cn[nH]c3)nc12. The highest BCUT2D eigenvalue weighted by atomic mass is 16.5. The first-order chi connectivity index (χ1) is 9.86. The first kappa shape index (κ1) is 12.6. The molecule has 0 saturated carbocycles. The van der Waals surface area contributed by atoms with Gasteiger partial charge in [-0.25, -0.2) is 4.98 Å². The van der Waals surface area contributed by atoms with Crippen molar-refractivity contribution in [3.8, 4) is 5.75 Å². The Kier molecular flexibility index (Phi) is 3.60. The quantitative estimate of drug-likeness (QED) is 0.745. The second-order valence-electron chi connectivity index (χ2n) is 4.54. The van der Waals surface area contributed by atoms with E-state index in [1.54, 1.807) is 7.11 Å². The molecule has 0 radical (unpaired) electrons. The molecular weight excluding hydrogens is 252 g/mol. The molecule has 2 N–H and O–H groups in total. The van der Waals surface area contributed by atoms with Crippen LogP contribution in [-0.4, -0.2) is 22.3 Å². The van der Waals surface area contributed by atoms with Crippen molar-refractivity contribution in [1.82, 2.24) is 20.5 Å². The van der Waals surface area contributed by atoms with Gasteiger partial charge in [-0.2, -0.15) is 5.10 Å². The first-order valence-electron chi connectivity index (χ1n) is 6.48. The number of hydrogen-bond donors (Lipinski definition) is 2. The molecule has 0 atom stereocenters. The average Bonchev–Trinajstić information content (AvgIpc) is 3.00. The van der Waals surface area contributed by atoms with Crippen molar-refractivity contribution in [2.45, 2.75) is 13.1 Å². The van der Waals surface area contributed by atoms with Crippen LogP contribution in [0, 0.1) is 0 Å². The van der Waals surface area contributed by atoms with Gasteiger partial charge < -0.3 is 10.1 Å². The minimum absolute atomic E-state index is 0.708. The van der Waals surface area contributed by atoms with E-state index in [0.29, 0.717) is 6.54 Å². The molecule has 2 aromatic heterocycles. The van der Waals surface area contributed by atoms with Crippen molar-refractivity contribution in [2.24, 2.45) is 0 Å². The number of rotatable bonds is 5. The van der Waals surface area contributed by atoms with E-state index in [-0.39, 0.29) is 0 Å². The Labute approximate surface area is 117 Å². The fourth-order valence-corrected chi connectivity index (χ4v) is 2.13. The average molecular weight is 268 g/mol. The van der Waals surface area contributed by atoms with Gasteiger partial charge in [0.25, 0.3) is 0 Å². The number of methoxy groups -OCH3 is 1. The Morgan fingerprint density at radius 1 is 1.20 bits per heavy atom. The fraction of sp³-hybridized carbons (Fsp3) is 0.200. The third-order valence-electron chi connectivity index (χ3n) is 3.15. The van der Waals surface area contributed by atoms with Crippen molar-refractivity contribution in [3.63, 3.8) is 0 Å². The van der Waals surface area contributed by atoms with Crippen LogP contribution < -0.4 is 10.1 Å². The molecule has 0 bridgehead atoms. The predicted octanol–water partition coefficient (Wildman–Crippen LogP) is 2.26. The molecule has 0 spiro atoms. The molecule has 102 valence electrons. The minimum atomic E-state index is 0.708. The van der Waals surface area contributed by atoms with Crippen LogP contribution in [0.3, 0.4) is 0 Å². The zero-order valence-corrected chi connectivity index (χ0v) is 11.3. The second kappa shape index (κ2) is 5.71. The molecule has 2 heterocycles. The summed E-state index contributed by atoms with van der Waals surface area (Å²) in [5.74, 6) is 0.805. The zero-order valence-electron chi connectivity index (χ0n) is 11.3. The van der Waals surface area contributed by atoms with Crippen molar-refractivity contribution in [2.75, 3.05) is 7.11 Å². The molecule has 3 rings (SSSR count). The Bertz CT molecular complexity index is 694. The molecule has 20 heavy (non-hydrogen) atoms. The second-order valence-corrected chi connectivity index (χ2v) is 4.54. The van der Waals surface area contributed by atoms with Gasteiger partial charge in [0.05, 0.1) is 19.0 Å². The number of aromatic amines is 1. The van der Waals surface area contributed by atoms with E-state index in [4.69, 9.17) is 4.74 Å². The van der Waals surface area contributed by atoms with Crippen molar-refractivity contribution in [3.05, 3.63) is 54.0 Å². The summed E-state index contributed by atoms with van der Waals surface area (Å²) in [5, 5.41) is 11.1. The van der Waals surface area contributed by atoms with Crippen LogP contribution in [0.15, 0.2) is 42.7 Å². The molecular formula is C15H16N4O. The number of benzene rings is 1. The number of ether oxygens (including phenoxy) is 1. The predicted molar refractivity (Wildman–Crippen MR) is 77.4 cm³/mol. The Morgan fingerprint density at radius 3 is 2.95 bits per heavy atom. The van der Waals surface area contributed by atoms with Gasteiger partial charge >= 0.3 is 0 Å². The Hall–Kier alpha value is -2.40. The van der Waals surface area contributed by atoms with Gasteiger partial charge in [0.1, 0.15) is 11.3 Å². The van der Waals surface area contributed by atoms with Crippen LogP contribution in [-0.2, 0) is 13.1 Å². The van der Waals surface area contributed by atoms with Gasteiger partial charge in [0, 0.05) is 30.2 Å². The van der Waals surface area contributed by atoms with Crippen LogP contribution in [0.25, 0.3) is 10.9 Å². The van der Waals surface area contributed by atoms with Crippen LogP contribution in [0.1, 0.15) is 11.3 Å². The summed E-state index contributed by atoms with van der Waals surface area (Å²) in [6.45, 7) is 1.47. The monoisotopic (exact) mass is 268 g/mol. The summed E-state index contributed by atoms with van der Waals surface area (Å²) in [5.41, 5.74) is 3.02. The van der Waals surface area contributed by atoms with Gasteiger partial charge in [-0.3, -0.25) is 5.10 Å². The van der Waals surface area contributed by atoms with Gasteiger partial charge in [0.2, 0.25) is 0 Å². The first-order valence-corrected chi connectivity index (χ1v) is 6.48. The molecule has 1 aromatic carbocycles. The summed E-state index contributed by atoms with van der Waals surface area (Å²) in [4.78, 5) is 4.65.